The number of anilines is 1. The first kappa shape index (κ1) is 15.2. The molecule has 1 amide bonds. The lowest BCUT2D eigenvalue weighted by atomic mass is 9.48. The first-order valence-electron chi connectivity index (χ1n) is 8.88. The van der Waals surface area contributed by atoms with Gasteiger partial charge in [-0.1, -0.05) is 23.2 Å². The number of hydrogen-bond donors (Lipinski definition) is 0. The van der Waals surface area contributed by atoms with Crippen LogP contribution in [0.1, 0.15) is 44.9 Å². The maximum Gasteiger partial charge on any atom is 0.253 e. The van der Waals surface area contributed by atoms with Gasteiger partial charge in [-0.15, -0.1) is 0 Å². The van der Waals surface area contributed by atoms with Crippen LogP contribution in [0.3, 0.4) is 0 Å². The molecule has 0 spiro atoms. The first-order valence-corrected chi connectivity index (χ1v) is 9.63. The fourth-order valence-electron chi connectivity index (χ4n) is 6.05. The van der Waals surface area contributed by atoms with Crippen molar-refractivity contribution in [3.05, 3.63) is 28.2 Å². The summed E-state index contributed by atoms with van der Waals surface area (Å²) in [5, 5.41) is 7.38. The van der Waals surface area contributed by atoms with Gasteiger partial charge in [-0.2, -0.15) is 5.10 Å². The highest BCUT2D eigenvalue weighted by Gasteiger charge is 2.54. The van der Waals surface area contributed by atoms with Gasteiger partial charge in [0.25, 0.3) is 5.91 Å². The van der Waals surface area contributed by atoms with Crippen molar-refractivity contribution in [2.24, 2.45) is 28.3 Å². The number of nitrogens with zero attached hydrogens (tertiary/aromatic N) is 2. The average molecular weight is 363 g/mol. The number of benzene rings is 1. The van der Waals surface area contributed by atoms with E-state index in [0.717, 1.165) is 23.5 Å². The Morgan fingerprint density at radius 3 is 2.04 bits per heavy atom. The Hall–Kier alpha value is -1.06. The molecule has 24 heavy (non-hydrogen) atoms. The summed E-state index contributed by atoms with van der Waals surface area (Å²) in [6.45, 7) is 0. The molecule has 0 saturated heterocycles. The lowest BCUT2D eigenvalue weighted by Crippen LogP contribution is -2.49. The fourth-order valence-corrected chi connectivity index (χ4v) is 6.57. The first-order chi connectivity index (χ1) is 11.5. The minimum absolute atomic E-state index is 0.0408. The van der Waals surface area contributed by atoms with E-state index in [0.29, 0.717) is 22.2 Å². The van der Waals surface area contributed by atoms with Crippen molar-refractivity contribution in [1.82, 2.24) is 0 Å². The minimum Gasteiger partial charge on any atom is -0.272 e. The van der Waals surface area contributed by atoms with Crippen LogP contribution in [-0.2, 0) is 4.79 Å². The van der Waals surface area contributed by atoms with E-state index in [9.17, 15) is 4.79 Å². The molecular weight excluding hydrogens is 343 g/mol. The molecule has 0 radical (unpaired) electrons. The number of hydrogen-bond acceptors (Lipinski definition) is 2. The summed E-state index contributed by atoms with van der Waals surface area (Å²) in [7, 11) is 0. The van der Waals surface area contributed by atoms with E-state index in [2.05, 4.69) is 0 Å². The molecule has 5 aliphatic rings. The van der Waals surface area contributed by atoms with Crippen molar-refractivity contribution in [1.29, 1.82) is 0 Å². The fraction of sp³-hybridized carbons (Fsp3) is 0.579. The number of halogens is 2. The standard InChI is InChI=1S/C19H20Cl2N2O/c20-14-4-15(21)6-16(5-14)23-18(24)7-17(22-23)19-8-11-1-12(9-19)3-13(2-11)10-19/h4-6,11-13H,1-3,7-10H2. The van der Waals surface area contributed by atoms with Crippen LogP contribution in [0.15, 0.2) is 23.3 Å². The lowest BCUT2D eigenvalue weighted by Gasteiger charge is -2.56. The van der Waals surface area contributed by atoms with Gasteiger partial charge < -0.3 is 0 Å². The van der Waals surface area contributed by atoms with E-state index in [-0.39, 0.29) is 11.3 Å². The Morgan fingerprint density at radius 2 is 1.50 bits per heavy atom. The second kappa shape index (κ2) is 5.22. The molecule has 0 N–H and O–H groups in total. The van der Waals surface area contributed by atoms with Gasteiger partial charge in [-0.25, -0.2) is 5.01 Å². The summed E-state index contributed by atoms with van der Waals surface area (Å²) in [4.78, 5) is 12.6. The molecule has 1 heterocycles. The molecule has 0 unspecified atom stereocenters. The van der Waals surface area contributed by atoms with Gasteiger partial charge in [-0.05, 0) is 74.5 Å². The lowest BCUT2D eigenvalue weighted by molar-refractivity contribution is -0.117. The summed E-state index contributed by atoms with van der Waals surface area (Å²) in [5.41, 5.74) is 1.97. The zero-order valence-electron chi connectivity index (χ0n) is 13.5. The molecule has 1 aromatic carbocycles. The van der Waals surface area contributed by atoms with Crippen LogP contribution in [0.4, 0.5) is 5.69 Å². The Balaban J connectivity index is 1.50. The molecule has 3 nitrogen and oxygen atoms in total. The Labute approximate surface area is 152 Å². The van der Waals surface area contributed by atoms with Gasteiger partial charge >= 0.3 is 0 Å². The van der Waals surface area contributed by atoms with Crippen LogP contribution in [0.2, 0.25) is 10.0 Å². The largest absolute Gasteiger partial charge is 0.272 e. The zero-order chi connectivity index (χ0) is 16.5. The molecule has 4 saturated carbocycles. The summed E-state index contributed by atoms with van der Waals surface area (Å²) in [6, 6.07) is 5.20. The summed E-state index contributed by atoms with van der Waals surface area (Å²) in [6.07, 6.45) is 8.34. The van der Waals surface area contributed by atoms with E-state index >= 15 is 0 Å². The van der Waals surface area contributed by atoms with Gasteiger partial charge in [0.1, 0.15) is 0 Å². The molecule has 126 valence electrons. The highest BCUT2D eigenvalue weighted by Crippen LogP contribution is 2.61. The van der Waals surface area contributed by atoms with Crippen molar-refractivity contribution in [2.45, 2.75) is 44.9 Å². The second-order valence-electron chi connectivity index (χ2n) is 8.25. The smallest absolute Gasteiger partial charge is 0.253 e. The van der Waals surface area contributed by atoms with Crippen molar-refractivity contribution in [3.8, 4) is 0 Å². The van der Waals surface area contributed by atoms with Gasteiger partial charge in [0.15, 0.2) is 0 Å². The number of rotatable bonds is 2. The number of carbonyl (C=O) groups is 1. The van der Waals surface area contributed by atoms with Gasteiger partial charge in [0.2, 0.25) is 0 Å². The highest BCUT2D eigenvalue weighted by molar-refractivity contribution is 6.35. The molecule has 0 atom stereocenters. The van der Waals surface area contributed by atoms with Crippen LogP contribution in [0.25, 0.3) is 0 Å². The highest BCUT2D eigenvalue weighted by atomic mass is 35.5. The third-order valence-electron chi connectivity index (χ3n) is 6.52. The van der Waals surface area contributed by atoms with Crippen LogP contribution in [-0.4, -0.2) is 11.6 Å². The van der Waals surface area contributed by atoms with E-state index < -0.39 is 0 Å². The third-order valence-corrected chi connectivity index (χ3v) is 6.95. The monoisotopic (exact) mass is 362 g/mol. The van der Waals surface area contributed by atoms with Crippen LogP contribution >= 0.6 is 23.2 Å². The number of carbonyl (C=O) groups excluding carboxylic acids is 1. The maximum absolute atomic E-state index is 12.6. The predicted octanol–water partition coefficient (Wildman–Crippen LogP) is 5.30. The Morgan fingerprint density at radius 1 is 0.958 bits per heavy atom. The Kier molecular flexibility index (Phi) is 3.31. The van der Waals surface area contributed by atoms with Crippen molar-refractivity contribution < 1.29 is 4.79 Å². The third kappa shape index (κ3) is 2.32. The van der Waals surface area contributed by atoms with Crippen LogP contribution in [0, 0.1) is 23.2 Å². The minimum atomic E-state index is 0.0408. The molecule has 6 rings (SSSR count). The van der Waals surface area contributed by atoms with Crippen molar-refractivity contribution >= 4 is 40.5 Å². The normalized spacial score (nSPS) is 37.2. The Bertz CT molecular complexity index is 702. The van der Waals surface area contributed by atoms with E-state index in [4.69, 9.17) is 28.3 Å². The predicted molar refractivity (Wildman–Crippen MR) is 96.6 cm³/mol. The van der Waals surface area contributed by atoms with Crippen LogP contribution < -0.4 is 5.01 Å². The van der Waals surface area contributed by atoms with E-state index in [1.807, 2.05) is 0 Å². The molecule has 4 bridgehead atoms. The van der Waals surface area contributed by atoms with Gasteiger partial charge in [0.05, 0.1) is 17.8 Å². The van der Waals surface area contributed by atoms with Crippen molar-refractivity contribution in [2.75, 3.05) is 5.01 Å². The zero-order valence-corrected chi connectivity index (χ0v) is 15.0. The summed E-state index contributed by atoms with van der Waals surface area (Å²) >= 11 is 12.2. The summed E-state index contributed by atoms with van der Waals surface area (Å²) < 4.78 is 0. The molecule has 4 fully saturated rings. The molecule has 1 aliphatic heterocycles. The molecule has 5 heteroatoms. The van der Waals surface area contributed by atoms with E-state index in [1.165, 1.54) is 43.5 Å². The van der Waals surface area contributed by atoms with Gasteiger partial charge in [0, 0.05) is 15.5 Å². The molecular formula is C19H20Cl2N2O. The van der Waals surface area contributed by atoms with E-state index in [1.54, 1.807) is 18.2 Å². The SMILES string of the molecule is O=C1CC(C23CC4CC(CC(C4)C2)C3)=NN1c1cc(Cl)cc(Cl)c1. The average Bonchev–Trinajstić information content (AvgIpc) is 2.87. The van der Waals surface area contributed by atoms with Crippen LogP contribution in [0.5, 0.6) is 0 Å². The van der Waals surface area contributed by atoms with Gasteiger partial charge in [-0.3, -0.25) is 4.79 Å². The second-order valence-corrected chi connectivity index (χ2v) is 9.13. The number of amides is 1. The number of hydrazone groups is 1. The molecule has 1 aromatic rings. The summed E-state index contributed by atoms with van der Waals surface area (Å²) in [5.74, 6) is 2.59. The topological polar surface area (TPSA) is 32.7 Å². The quantitative estimate of drug-likeness (QED) is 0.702. The molecule has 0 aromatic heterocycles. The van der Waals surface area contributed by atoms with Crippen molar-refractivity contribution in [3.63, 3.8) is 0 Å². The molecule has 4 aliphatic carbocycles. The maximum atomic E-state index is 12.6.